The smallest absolute Gasteiger partial charge is 0.304 e. The summed E-state index contributed by atoms with van der Waals surface area (Å²) in [7, 11) is -3.69. The number of piperazine rings is 1. The molecule has 0 atom stereocenters. The second-order valence-corrected chi connectivity index (χ2v) is 12.0. The molecular weight excluding hydrogens is 488 g/mol. The van der Waals surface area contributed by atoms with Crippen LogP contribution in [0.25, 0.3) is 10.2 Å². The molecule has 1 aliphatic carbocycles. The van der Waals surface area contributed by atoms with Gasteiger partial charge in [0.25, 0.3) is 0 Å². The van der Waals surface area contributed by atoms with Gasteiger partial charge in [0.15, 0.2) is 0 Å². The van der Waals surface area contributed by atoms with Crippen LogP contribution in [-0.4, -0.2) is 60.9 Å². The van der Waals surface area contributed by atoms with Crippen molar-refractivity contribution in [3.05, 3.63) is 58.6 Å². The molecule has 1 amide bonds. The van der Waals surface area contributed by atoms with Crippen LogP contribution in [0, 0.1) is 5.41 Å². The van der Waals surface area contributed by atoms with Crippen LogP contribution >= 0.6 is 11.3 Å². The molecule has 1 fully saturated rings. The number of hydrogen-bond donors (Lipinski definition) is 3. The lowest BCUT2D eigenvalue weighted by Gasteiger charge is -2.26. The highest BCUT2D eigenvalue weighted by atomic mass is 32.2. The van der Waals surface area contributed by atoms with Crippen molar-refractivity contribution in [1.82, 2.24) is 19.9 Å². The average molecular weight is 515 g/mol. The lowest BCUT2D eigenvalue weighted by molar-refractivity contribution is -0.145. The van der Waals surface area contributed by atoms with Gasteiger partial charge in [-0.3, -0.25) is 9.59 Å². The van der Waals surface area contributed by atoms with E-state index in [2.05, 4.69) is 15.6 Å². The molecule has 0 saturated carbocycles. The number of rotatable bonds is 7. The number of aromatic nitrogens is 1. The Morgan fingerprint density at radius 3 is 2.43 bits per heavy atom. The van der Waals surface area contributed by atoms with E-state index >= 15 is 0 Å². The highest BCUT2D eigenvalue weighted by Gasteiger charge is 2.45. The van der Waals surface area contributed by atoms with Crippen molar-refractivity contribution in [3.63, 3.8) is 0 Å². The number of benzene rings is 2. The third-order valence-corrected chi connectivity index (χ3v) is 9.62. The maximum atomic E-state index is 13.3. The highest BCUT2D eigenvalue weighted by Crippen LogP contribution is 2.40. The van der Waals surface area contributed by atoms with Crippen LogP contribution < -0.4 is 10.6 Å². The number of fused-ring (bicyclic) bond motifs is 2. The molecule has 0 spiro atoms. The van der Waals surface area contributed by atoms with Crippen molar-refractivity contribution in [2.24, 2.45) is 5.41 Å². The van der Waals surface area contributed by atoms with Gasteiger partial charge in [-0.25, -0.2) is 13.4 Å². The number of aliphatic carboxylic acids is 1. The molecule has 0 unspecified atom stereocenters. The molecule has 2 aromatic carbocycles. The number of sulfonamides is 1. The first-order valence-electron chi connectivity index (χ1n) is 11.4. The summed E-state index contributed by atoms with van der Waals surface area (Å²) in [5.41, 5.74) is 1.33. The predicted molar refractivity (Wildman–Crippen MR) is 132 cm³/mol. The molecule has 2 aliphatic rings. The molecule has 2 heterocycles. The fourth-order valence-electron chi connectivity index (χ4n) is 4.97. The molecule has 0 bridgehead atoms. The number of carbonyl (C=O) groups excluding carboxylic acids is 1. The van der Waals surface area contributed by atoms with Crippen LogP contribution in [0.4, 0.5) is 0 Å². The summed E-state index contributed by atoms with van der Waals surface area (Å²) in [6.07, 6.45) is 0.475. The fourth-order valence-corrected chi connectivity index (χ4v) is 7.56. The molecule has 11 heteroatoms. The van der Waals surface area contributed by atoms with Crippen LogP contribution in [0.2, 0.25) is 0 Å². The van der Waals surface area contributed by atoms with Crippen LogP contribution in [0.15, 0.2) is 47.4 Å². The molecule has 0 radical (unpaired) electrons. The molecule has 5 rings (SSSR count). The first-order chi connectivity index (χ1) is 16.8. The number of carbonyl (C=O) groups is 2. The minimum Gasteiger partial charge on any atom is -0.481 e. The van der Waals surface area contributed by atoms with Crippen LogP contribution in [0.1, 0.15) is 22.6 Å². The maximum absolute atomic E-state index is 13.3. The third-order valence-electron chi connectivity index (χ3n) is 6.67. The number of hydrogen-bond acceptors (Lipinski definition) is 7. The average Bonchev–Trinajstić information content (AvgIpc) is 3.43. The first-order valence-corrected chi connectivity index (χ1v) is 13.7. The second-order valence-electron chi connectivity index (χ2n) is 9.02. The van der Waals surface area contributed by atoms with E-state index in [0.29, 0.717) is 49.5 Å². The molecule has 1 saturated heterocycles. The van der Waals surface area contributed by atoms with Gasteiger partial charge >= 0.3 is 5.97 Å². The van der Waals surface area contributed by atoms with E-state index in [1.807, 2.05) is 30.3 Å². The van der Waals surface area contributed by atoms with Crippen molar-refractivity contribution in [2.45, 2.75) is 30.7 Å². The van der Waals surface area contributed by atoms with Crippen LogP contribution in [0.5, 0.6) is 0 Å². The van der Waals surface area contributed by atoms with Crippen LogP contribution in [0.3, 0.4) is 0 Å². The number of para-hydroxylation sites is 1. The van der Waals surface area contributed by atoms with Gasteiger partial charge in [0.2, 0.25) is 15.9 Å². The van der Waals surface area contributed by atoms with E-state index in [9.17, 15) is 23.1 Å². The largest absolute Gasteiger partial charge is 0.481 e. The van der Waals surface area contributed by atoms with Gasteiger partial charge in [0.05, 0.1) is 23.1 Å². The Kier molecular flexibility index (Phi) is 6.34. The van der Waals surface area contributed by atoms with Gasteiger partial charge in [-0.2, -0.15) is 4.31 Å². The summed E-state index contributed by atoms with van der Waals surface area (Å²) in [6, 6.07) is 12.7. The minimum absolute atomic E-state index is 0.100. The molecule has 35 heavy (non-hydrogen) atoms. The van der Waals surface area contributed by atoms with Gasteiger partial charge in [0.1, 0.15) is 15.4 Å². The monoisotopic (exact) mass is 514 g/mol. The number of nitrogens with zero attached hydrogens (tertiary/aromatic N) is 2. The van der Waals surface area contributed by atoms with Gasteiger partial charge < -0.3 is 15.7 Å². The van der Waals surface area contributed by atoms with Gasteiger partial charge in [-0.15, -0.1) is 11.3 Å². The summed E-state index contributed by atoms with van der Waals surface area (Å²) in [5, 5.41) is 16.1. The number of amides is 1. The first kappa shape index (κ1) is 23.9. The summed E-state index contributed by atoms with van der Waals surface area (Å²) in [4.78, 5) is 29.6. The van der Waals surface area contributed by atoms with E-state index in [0.717, 1.165) is 15.8 Å². The number of carboxylic acid groups (broad SMARTS) is 1. The summed E-state index contributed by atoms with van der Waals surface area (Å²) >= 11 is 1.32. The zero-order valence-electron chi connectivity index (χ0n) is 19.0. The van der Waals surface area contributed by atoms with Crippen molar-refractivity contribution >= 4 is 43.5 Å². The van der Waals surface area contributed by atoms with Crippen molar-refractivity contribution in [1.29, 1.82) is 0 Å². The highest BCUT2D eigenvalue weighted by molar-refractivity contribution is 7.89. The Labute approximate surface area is 207 Å². The molecule has 3 N–H and O–H groups in total. The van der Waals surface area contributed by atoms with Gasteiger partial charge in [-0.1, -0.05) is 30.3 Å². The van der Waals surface area contributed by atoms with Crippen molar-refractivity contribution in [2.75, 3.05) is 26.2 Å². The zero-order valence-corrected chi connectivity index (χ0v) is 20.6. The second kappa shape index (κ2) is 9.30. The maximum Gasteiger partial charge on any atom is 0.304 e. The van der Waals surface area contributed by atoms with E-state index in [-0.39, 0.29) is 23.8 Å². The molecule has 184 valence electrons. The normalized spacial score (nSPS) is 17.8. The lowest BCUT2D eigenvalue weighted by atomic mass is 9.80. The standard InChI is InChI=1S/C24H26N4O5S2/c29-21(30)14-24(12-16-4-1-2-5-17(16)13-24)23(31)26-15-20-27-22-18(34-20)6-3-7-19(22)35(32,33)28-10-8-25-9-11-28/h1-7,25H,8-15H2,(H,26,31)(H,29,30). The van der Waals surface area contributed by atoms with E-state index in [1.165, 1.54) is 15.6 Å². The zero-order chi connectivity index (χ0) is 24.6. The molecular formula is C24H26N4O5S2. The topological polar surface area (TPSA) is 129 Å². The van der Waals surface area contributed by atoms with E-state index in [1.54, 1.807) is 12.1 Å². The molecule has 3 aromatic rings. The van der Waals surface area contributed by atoms with Crippen LogP contribution in [-0.2, 0) is 39.0 Å². The predicted octanol–water partition coefficient (Wildman–Crippen LogP) is 1.77. The van der Waals surface area contributed by atoms with Gasteiger partial charge in [-0.05, 0) is 36.1 Å². The number of thiazole rings is 1. The SMILES string of the molecule is O=C(O)CC1(C(=O)NCc2nc3c(S(=O)(=O)N4CCNCC4)cccc3s2)Cc2ccccc2C1. The van der Waals surface area contributed by atoms with Crippen molar-refractivity contribution < 1.29 is 23.1 Å². The Hall–Kier alpha value is -2.86. The molecule has 1 aliphatic heterocycles. The van der Waals surface area contributed by atoms with E-state index in [4.69, 9.17) is 0 Å². The third kappa shape index (κ3) is 4.56. The minimum atomic E-state index is -3.69. The molecule has 9 nitrogen and oxygen atoms in total. The Morgan fingerprint density at radius 1 is 1.09 bits per heavy atom. The fraction of sp³-hybridized carbons (Fsp3) is 0.375. The molecule has 1 aromatic heterocycles. The quantitative estimate of drug-likeness (QED) is 0.438. The summed E-state index contributed by atoms with van der Waals surface area (Å²) < 4.78 is 28.7. The summed E-state index contributed by atoms with van der Waals surface area (Å²) in [5.74, 6) is -1.35. The Balaban J connectivity index is 1.37. The Morgan fingerprint density at radius 2 is 1.77 bits per heavy atom. The summed E-state index contributed by atoms with van der Waals surface area (Å²) in [6.45, 7) is 2.11. The Bertz CT molecular complexity index is 1370. The van der Waals surface area contributed by atoms with E-state index < -0.39 is 21.4 Å². The van der Waals surface area contributed by atoms with Crippen molar-refractivity contribution in [3.8, 4) is 0 Å². The number of nitrogens with one attached hydrogen (secondary N) is 2. The van der Waals surface area contributed by atoms with Gasteiger partial charge in [0, 0.05) is 26.2 Å². The number of carboxylic acids is 1. The lowest BCUT2D eigenvalue weighted by Crippen LogP contribution is -2.46.